The molecule has 49 heavy (non-hydrogen) atoms. The van der Waals surface area contributed by atoms with Crippen molar-refractivity contribution in [2.75, 3.05) is 4.90 Å². The van der Waals surface area contributed by atoms with Crippen LogP contribution < -0.4 is 4.90 Å². The molecule has 9 aromatic rings. The lowest BCUT2D eigenvalue weighted by Crippen LogP contribution is -2.09. The molecule has 0 aliphatic rings. The molecule has 0 fully saturated rings. The zero-order valence-electron chi connectivity index (χ0n) is 27.0. The van der Waals surface area contributed by atoms with Gasteiger partial charge in [0, 0.05) is 17.1 Å². The summed E-state index contributed by atoms with van der Waals surface area (Å²) in [6.45, 7) is 0. The quantitative estimate of drug-likeness (QED) is 0.167. The van der Waals surface area contributed by atoms with Gasteiger partial charge in [-0.05, 0) is 102 Å². The van der Waals surface area contributed by atoms with E-state index in [1.54, 1.807) is 0 Å². The van der Waals surface area contributed by atoms with Gasteiger partial charge in [0.15, 0.2) is 0 Å². The van der Waals surface area contributed by atoms with Crippen LogP contribution in [0.4, 0.5) is 17.1 Å². The SMILES string of the molecule is c1ccc(-c2ccc(-c3ccc(N(c4ccccc4)c4ccc(-c5cccc6c5ccc5c7ccccc7ccc65)cc4)cc3)cc2)cc1. The van der Waals surface area contributed by atoms with Gasteiger partial charge < -0.3 is 4.90 Å². The molecule has 9 rings (SSSR count). The summed E-state index contributed by atoms with van der Waals surface area (Å²) in [5.41, 5.74) is 10.7. The highest BCUT2D eigenvalue weighted by molar-refractivity contribution is 6.19. The molecular weight excluding hydrogens is 591 g/mol. The topological polar surface area (TPSA) is 3.24 Å². The average molecular weight is 624 g/mol. The lowest BCUT2D eigenvalue weighted by Gasteiger charge is -2.26. The summed E-state index contributed by atoms with van der Waals surface area (Å²) in [5, 5.41) is 7.71. The molecule has 0 atom stereocenters. The number of para-hydroxylation sites is 1. The Hall–Kier alpha value is -6.44. The van der Waals surface area contributed by atoms with E-state index in [9.17, 15) is 0 Å². The first-order valence-electron chi connectivity index (χ1n) is 16.8. The predicted molar refractivity (Wildman–Crippen MR) is 210 cm³/mol. The summed E-state index contributed by atoms with van der Waals surface area (Å²) in [5.74, 6) is 0. The number of rotatable bonds is 6. The standard InChI is InChI=1S/C48H33N/c1-3-10-34(11-4-1)35-18-20-36(21-19-35)37-22-27-41(28-23-37)49(40-13-5-2-6-14-40)42-29-24-39(25-30-42)44-16-9-17-45-46(44)32-33-47-43-15-8-7-12-38(43)26-31-48(45)47/h1-33H. The lowest BCUT2D eigenvalue weighted by molar-refractivity contribution is 1.28. The van der Waals surface area contributed by atoms with Crippen LogP contribution in [-0.2, 0) is 0 Å². The van der Waals surface area contributed by atoms with Crippen molar-refractivity contribution in [3.63, 3.8) is 0 Å². The molecule has 0 aliphatic heterocycles. The maximum absolute atomic E-state index is 2.33. The summed E-state index contributed by atoms with van der Waals surface area (Å²) in [6.07, 6.45) is 0. The third-order valence-electron chi connectivity index (χ3n) is 9.69. The average Bonchev–Trinajstić information content (AvgIpc) is 3.19. The molecule has 0 radical (unpaired) electrons. The van der Waals surface area contributed by atoms with E-state index < -0.39 is 0 Å². The van der Waals surface area contributed by atoms with E-state index in [2.05, 4.69) is 205 Å². The third kappa shape index (κ3) is 5.32. The first kappa shape index (κ1) is 28.8. The maximum Gasteiger partial charge on any atom is 0.0462 e. The van der Waals surface area contributed by atoms with Crippen molar-refractivity contribution in [2.45, 2.75) is 0 Å². The monoisotopic (exact) mass is 623 g/mol. The Morgan fingerprint density at radius 2 is 0.653 bits per heavy atom. The van der Waals surface area contributed by atoms with Gasteiger partial charge in [0.2, 0.25) is 0 Å². The summed E-state index contributed by atoms with van der Waals surface area (Å²) < 4.78 is 0. The van der Waals surface area contributed by atoms with Crippen molar-refractivity contribution in [1.82, 2.24) is 0 Å². The highest BCUT2D eigenvalue weighted by atomic mass is 15.1. The van der Waals surface area contributed by atoms with Crippen LogP contribution in [0.2, 0.25) is 0 Å². The molecule has 9 aromatic carbocycles. The number of benzene rings is 9. The van der Waals surface area contributed by atoms with Crippen molar-refractivity contribution < 1.29 is 0 Å². The summed E-state index contributed by atoms with van der Waals surface area (Å²) in [6, 6.07) is 72.3. The zero-order chi connectivity index (χ0) is 32.6. The Morgan fingerprint density at radius 1 is 0.224 bits per heavy atom. The molecule has 1 heteroatoms. The van der Waals surface area contributed by atoms with Gasteiger partial charge >= 0.3 is 0 Å². The third-order valence-corrected chi connectivity index (χ3v) is 9.69. The molecule has 230 valence electrons. The molecule has 0 aromatic heterocycles. The van der Waals surface area contributed by atoms with Crippen LogP contribution in [0, 0.1) is 0 Å². The van der Waals surface area contributed by atoms with Gasteiger partial charge in [-0.15, -0.1) is 0 Å². The van der Waals surface area contributed by atoms with Gasteiger partial charge in [0.25, 0.3) is 0 Å². The van der Waals surface area contributed by atoms with Crippen molar-refractivity contribution >= 4 is 49.4 Å². The van der Waals surface area contributed by atoms with Crippen molar-refractivity contribution in [3.8, 4) is 33.4 Å². The van der Waals surface area contributed by atoms with Crippen LogP contribution in [0.15, 0.2) is 200 Å². The highest BCUT2D eigenvalue weighted by Gasteiger charge is 2.14. The molecule has 0 N–H and O–H groups in total. The molecular formula is C48H33N. The largest absolute Gasteiger partial charge is 0.311 e. The fourth-order valence-corrected chi connectivity index (χ4v) is 7.21. The van der Waals surface area contributed by atoms with Crippen LogP contribution in [0.1, 0.15) is 0 Å². The number of fused-ring (bicyclic) bond motifs is 5. The molecule has 0 amide bonds. The Balaban J connectivity index is 1.06. The van der Waals surface area contributed by atoms with E-state index in [0.29, 0.717) is 0 Å². The molecule has 0 heterocycles. The van der Waals surface area contributed by atoms with Crippen LogP contribution in [-0.4, -0.2) is 0 Å². The Bertz CT molecular complexity index is 2550. The molecule has 1 nitrogen and oxygen atoms in total. The number of hydrogen-bond acceptors (Lipinski definition) is 1. The van der Waals surface area contributed by atoms with Crippen LogP contribution in [0.25, 0.3) is 65.7 Å². The van der Waals surface area contributed by atoms with Gasteiger partial charge in [-0.3, -0.25) is 0 Å². The Morgan fingerprint density at radius 3 is 1.33 bits per heavy atom. The van der Waals surface area contributed by atoms with E-state index in [1.165, 1.54) is 65.7 Å². The van der Waals surface area contributed by atoms with Gasteiger partial charge in [0.05, 0.1) is 0 Å². The van der Waals surface area contributed by atoms with Crippen LogP contribution in [0.5, 0.6) is 0 Å². The van der Waals surface area contributed by atoms with E-state index in [-0.39, 0.29) is 0 Å². The molecule has 0 spiro atoms. The van der Waals surface area contributed by atoms with Crippen LogP contribution in [0.3, 0.4) is 0 Å². The van der Waals surface area contributed by atoms with Crippen LogP contribution >= 0.6 is 0 Å². The second-order valence-corrected chi connectivity index (χ2v) is 12.6. The Kier molecular flexibility index (Phi) is 7.22. The summed E-state index contributed by atoms with van der Waals surface area (Å²) >= 11 is 0. The van der Waals surface area contributed by atoms with Crippen molar-refractivity contribution in [1.29, 1.82) is 0 Å². The summed E-state index contributed by atoms with van der Waals surface area (Å²) in [7, 11) is 0. The van der Waals surface area contributed by atoms with Crippen molar-refractivity contribution in [3.05, 3.63) is 200 Å². The van der Waals surface area contributed by atoms with Gasteiger partial charge in [0.1, 0.15) is 0 Å². The van der Waals surface area contributed by atoms with E-state index >= 15 is 0 Å². The molecule has 0 saturated heterocycles. The fourth-order valence-electron chi connectivity index (χ4n) is 7.21. The zero-order valence-corrected chi connectivity index (χ0v) is 27.0. The van der Waals surface area contributed by atoms with E-state index in [0.717, 1.165) is 17.1 Å². The minimum atomic E-state index is 1.12. The minimum absolute atomic E-state index is 1.12. The number of anilines is 3. The lowest BCUT2D eigenvalue weighted by atomic mass is 9.92. The van der Waals surface area contributed by atoms with Gasteiger partial charge in [-0.1, -0.05) is 164 Å². The molecule has 0 unspecified atom stereocenters. The first-order valence-corrected chi connectivity index (χ1v) is 16.8. The first-order chi connectivity index (χ1) is 24.3. The molecule has 0 aliphatic carbocycles. The normalized spacial score (nSPS) is 11.3. The van der Waals surface area contributed by atoms with E-state index in [4.69, 9.17) is 0 Å². The second kappa shape index (κ2) is 12.3. The van der Waals surface area contributed by atoms with E-state index in [1.807, 2.05) is 0 Å². The maximum atomic E-state index is 2.33. The predicted octanol–water partition coefficient (Wildman–Crippen LogP) is 13.6. The second-order valence-electron chi connectivity index (χ2n) is 12.6. The molecule has 0 saturated carbocycles. The van der Waals surface area contributed by atoms with Gasteiger partial charge in [-0.25, -0.2) is 0 Å². The number of hydrogen-bond donors (Lipinski definition) is 0. The van der Waals surface area contributed by atoms with Crippen molar-refractivity contribution in [2.24, 2.45) is 0 Å². The van der Waals surface area contributed by atoms with Gasteiger partial charge in [-0.2, -0.15) is 0 Å². The highest BCUT2D eigenvalue weighted by Crippen LogP contribution is 2.39. The smallest absolute Gasteiger partial charge is 0.0462 e. The minimum Gasteiger partial charge on any atom is -0.311 e. The summed E-state index contributed by atoms with van der Waals surface area (Å²) in [4.78, 5) is 2.33. The molecule has 0 bridgehead atoms. The Labute approximate surface area is 287 Å². The number of nitrogens with zero attached hydrogens (tertiary/aromatic N) is 1. The fraction of sp³-hybridized carbons (Fsp3) is 0.